The summed E-state index contributed by atoms with van der Waals surface area (Å²) in [7, 11) is 5.95. The van der Waals surface area contributed by atoms with E-state index in [0.717, 1.165) is 12.8 Å². The van der Waals surface area contributed by atoms with Crippen LogP contribution >= 0.6 is 26.4 Å². The summed E-state index contributed by atoms with van der Waals surface area (Å²) in [6.45, 7) is 0. The van der Waals surface area contributed by atoms with Gasteiger partial charge in [-0.2, -0.15) is 0 Å². The van der Waals surface area contributed by atoms with Crippen LogP contribution in [0.5, 0.6) is 0 Å². The zero-order valence-electron chi connectivity index (χ0n) is 24.9. The van der Waals surface area contributed by atoms with Gasteiger partial charge in [-0.15, -0.1) is 18.5 Å². The molecule has 6 rings (SSSR count). The Bertz CT molecular complexity index is 1500. The Balaban J connectivity index is 1.57. The van der Waals surface area contributed by atoms with E-state index in [1.54, 1.807) is 0 Å². The average molecular weight is 625 g/mol. The summed E-state index contributed by atoms with van der Waals surface area (Å²) in [5.74, 6) is 0. The summed E-state index contributed by atoms with van der Waals surface area (Å²) < 4.78 is 0. The molecule has 0 heterocycles. The minimum absolute atomic E-state index is 0.268. The third-order valence-electron chi connectivity index (χ3n) is 8.70. The van der Waals surface area contributed by atoms with Crippen molar-refractivity contribution in [1.82, 2.24) is 0 Å². The van der Waals surface area contributed by atoms with Gasteiger partial charge in [-0.25, -0.2) is 0 Å². The molecule has 0 fully saturated rings. The molecule has 2 unspecified atom stereocenters. The molecule has 0 amide bonds. The van der Waals surface area contributed by atoms with E-state index in [1.165, 1.54) is 32.9 Å². The van der Waals surface area contributed by atoms with E-state index < -0.39 is 7.92 Å². The van der Waals surface area contributed by atoms with Crippen molar-refractivity contribution >= 4 is 37.0 Å². The first-order valence-corrected chi connectivity index (χ1v) is 17.8. The van der Waals surface area contributed by atoms with Gasteiger partial charge in [0.25, 0.3) is 0 Å². The Hall–Kier alpha value is -3.39. The SMILES string of the molecule is PC(CC(CC(P)(c1ccccc1)c1ccccc1)P(c1ccccc1)c1ccccc1)(c1ccccc1)c1ccccc1. The molecule has 0 bridgehead atoms. The minimum atomic E-state index is -0.731. The molecular weight excluding hydrogens is 585 g/mol. The summed E-state index contributed by atoms with van der Waals surface area (Å²) in [4.78, 5) is 0. The van der Waals surface area contributed by atoms with Crippen LogP contribution in [0, 0.1) is 0 Å². The van der Waals surface area contributed by atoms with Crippen LogP contribution in [-0.2, 0) is 10.3 Å². The van der Waals surface area contributed by atoms with Crippen molar-refractivity contribution in [2.24, 2.45) is 0 Å². The molecule has 0 nitrogen and oxygen atoms in total. The van der Waals surface area contributed by atoms with Gasteiger partial charge < -0.3 is 0 Å². The Kier molecular flexibility index (Phi) is 9.85. The lowest BCUT2D eigenvalue weighted by atomic mass is 9.81. The van der Waals surface area contributed by atoms with Crippen molar-refractivity contribution in [3.63, 3.8) is 0 Å². The average Bonchev–Trinajstić information content (AvgIpc) is 3.11. The first-order valence-electron chi connectivity index (χ1n) is 15.3. The van der Waals surface area contributed by atoms with E-state index in [4.69, 9.17) is 0 Å². The normalized spacial score (nSPS) is 12.0. The van der Waals surface area contributed by atoms with Crippen LogP contribution in [0.25, 0.3) is 0 Å². The van der Waals surface area contributed by atoms with Crippen molar-refractivity contribution in [2.45, 2.75) is 28.8 Å². The molecule has 3 heteroatoms. The predicted molar refractivity (Wildman–Crippen MR) is 199 cm³/mol. The van der Waals surface area contributed by atoms with Crippen LogP contribution in [0.1, 0.15) is 35.1 Å². The Morgan fingerprint density at radius 2 is 0.591 bits per heavy atom. The maximum Gasteiger partial charge on any atom is 0.0350 e. The van der Waals surface area contributed by atoms with Gasteiger partial charge >= 0.3 is 0 Å². The first-order chi connectivity index (χ1) is 21.6. The second-order valence-electron chi connectivity index (χ2n) is 11.5. The zero-order chi connectivity index (χ0) is 30.2. The van der Waals surface area contributed by atoms with E-state index in [2.05, 4.69) is 200 Å². The summed E-state index contributed by atoms with van der Waals surface area (Å²) in [5, 5.41) is 2.30. The molecule has 0 spiro atoms. The summed E-state index contributed by atoms with van der Waals surface area (Å²) in [6.07, 6.45) is 1.94. The quantitative estimate of drug-likeness (QED) is 0.126. The van der Waals surface area contributed by atoms with Gasteiger partial charge in [0, 0.05) is 10.3 Å². The molecule has 0 N–H and O–H groups in total. The minimum Gasteiger partial charge on any atom is -0.122 e. The van der Waals surface area contributed by atoms with Crippen LogP contribution in [-0.4, -0.2) is 5.66 Å². The molecule has 6 aromatic rings. The zero-order valence-corrected chi connectivity index (χ0v) is 28.1. The smallest absolute Gasteiger partial charge is 0.0350 e. The van der Waals surface area contributed by atoms with Gasteiger partial charge in [0.1, 0.15) is 0 Å². The van der Waals surface area contributed by atoms with Crippen molar-refractivity contribution < 1.29 is 0 Å². The monoisotopic (exact) mass is 624 g/mol. The predicted octanol–water partition coefficient (Wildman–Crippen LogP) is 9.91. The lowest BCUT2D eigenvalue weighted by Gasteiger charge is -2.42. The second kappa shape index (κ2) is 14.1. The van der Waals surface area contributed by atoms with Crippen molar-refractivity contribution in [3.05, 3.63) is 204 Å². The van der Waals surface area contributed by atoms with Crippen LogP contribution in [0.4, 0.5) is 0 Å². The lowest BCUT2D eigenvalue weighted by molar-refractivity contribution is 0.551. The third-order valence-corrected chi connectivity index (χ3v) is 13.3. The van der Waals surface area contributed by atoms with Crippen LogP contribution in [0.15, 0.2) is 182 Å². The molecule has 6 aromatic carbocycles. The highest BCUT2D eigenvalue weighted by Crippen LogP contribution is 2.56. The van der Waals surface area contributed by atoms with Gasteiger partial charge in [-0.3, -0.25) is 0 Å². The molecule has 0 saturated heterocycles. The van der Waals surface area contributed by atoms with Gasteiger partial charge in [-0.05, 0) is 59.3 Å². The van der Waals surface area contributed by atoms with E-state index in [9.17, 15) is 0 Å². The molecule has 0 radical (unpaired) electrons. The van der Waals surface area contributed by atoms with E-state index in [-0.39, 0.29) is 10.3 Å². The molecule has 0 aliphatic carbocycles. The highest BCUT2D eigenvalue weighted by Gasteiger charge is 2.41. The molecule has 0 saturated carbocycles. The maximum absolute atomic E-state index is 3.34. The van der Waals surface area contributed by atoms with Crippen LogP contribution < -0.4 is 10.6 Å². The second-order valence-corrected chi connectivity index (χ2v) is 16.0. The fourth-order valence-electron chi connectivity index (χ4n) is 6.49. The topological polar surface area (TPSA) is 0 Å². The fraction of sp³-hybridized carbons (Fsp3) is 0.122. The molecule has 0 aromatic heterocycles. The third kappa shape index (κ3) is 6.65. The highest BCUT2D eigenvalue weighted by molar-refractivity contribution is 7.73. The van der Waals surface area contributed by atoms with Gasteiger partial charge in [0.15, 0.2) is 0 Å². The van der Waals surface area contributed by atoms with Crippen molar-refractivity contribution in [3.8, 4) is 0 Å². The van der Waals surface area contributed by atoms with Gasteiger partial charge in [0.2, 0.25) is 0 Å². The van der Waals surface area contributed by atoms with Crippen LogP contribution in [0.3, 0.4) is 0 Å². The highest BCUT2D eigenvalue weighted by atomic mass is 31.1. The van der Waals surface area contributed by atoms with Gasteiger partial charge in [-0.1, -0.05) is 182 Å². The molecule has 0 aliphatic rings. The van der Waals surface area contributed by atoms with Crippen molar-refractivity contribution in [1.29, 1.82) is 0 Å². The van der Waals surface area contributed by atoms with E-state index in [1.807, 2.05) is 0 Å². The number of hydrogen-bond donors (Lipinski definition) is 0. The summed E-state index contributed by atoms with van der Waals surface area (Å²) in [5.41, 5.74) is 5.62. The largest absolute Gasteiger partial charge is 0.122 e. The first kappa shape index (κ1) is 30.6. The number of rotatable bonds is 11. The molecule has 218 valence electrons. The summed E-state index contributed by atoms with van der Waals surface area (Å²) in [6, 6.07) is 66.8. The molecule has 0 aliphatic heterocycles. The summed E-state index contributed by atoms with van der Waals surface area (Å²) >= 11 is 0. The number of hydrogen-bond acceptors (Lipinski definition) is 0. The maximum atomic E-state index is 3.34. The van der Waals surface area contributed by atoms with E-state index >= 15 is 0 Å². The molecule has 44 heavy (non-hydrogen) atoms. The Morgan fingerprint density at radius 1 is 0.364 bits per heavy atom. The van der Waals surface area contributed by atoms with Crippen LogP contribution in [0.2, 0.25) is 0 Å². The Morgan fingerprint density at radius 3 is 0.841 bits per heavy atom. The number of benzene rings is 6. The standard InChI is InChI=1S/C41H39P3/c42-40(33-19-7-1-8-20-33,34-21-9-2-10-22-34)31-39(44(37-27-15-5-16-28-37)38-29-17-6-18-30-38)32-41(43,35-23-11-3-12-24-35)36-25-13-4-14-26-36/h1-30,39H,31-32,42-43H2. The van der Waals surface area contributed by atoms with Gasteiger partial charge in [0.05, 0.1) is 0 Å². The van der Waals surface area contributed by atoms with E-state index in [0.29, 0.717) is 5.66 Å². The molecule has 2 atom stereocenters. The molecular formula is C41H39P3. The van der Waals surface area contributed by atoms with Crippen molar-refractivity contribution in [2.75, 3.05) is 0 Å². The lowest BCUT2D eigenvalue weighted by Crippen LogP contribution is -2.35. The fourth-order valence-corrected chi connectivity index (χ4v) is 11.3. The Labute approximate surface area is 269 Å².